The van der Waals surface area contributed by atoms with E-state index >= 15 is 0 Å². The number of benzene rings is 1. The van der Waals surface area contributed by atoms with Crippen LogP contribution in [0.15, 0.2) is 40.8 Å². The van der Waals surface area contributed by atoms with Crippen molar-refractivity contribution < 1.29 is 32.9 Å². The molecule has 8 heteroatoms. The maximum Gasteiger partial charge on any atom is 0.297 e. The van der Waals surface area contributed by atoms with Crippen LogP contribution in [0.25, 0.3) is 0 Å². The minimum Gasteiger partial charge on any atom is -0.348 e. The molecule has 7 rings (SSSR count). The van der Waals surface area contributed by atoms with Crippen molar-refractivity contribution in [2.75, 3.05) is 26.4 Å². The van der Waals surface area contributed by atoms with Crippen LogP contribution in [0, 0.1) is 41.4 Å². The molecule has 40 heavy (non-hydrogen) atoms. The highest BCUT2D eigenvalue weighted by Gasteiger charge is 2.67. The molecule has 2 heterocycles. The third kappa shape index (κ3) is 4.11. The standard InChI is InChI=1S/C32H44O7S/c1-21-5-8-23(9-6-21)40(33,34)39-26-19-27(31(4)35-15-16-36-31)30(3)12-11-25-24(28(26)30)10-7-22-20-32(37-17-18-38-32)14-13-29(22,25)2/h5-9,24-28H,10-20H2,1-4H3/t24-,25+,26+,27+,28-,29+,30-/m1/s1/i26D. The van der Waals surface area contributed by atoms with Gasteiger partial charge in [0.05, 0.1) is 38.8 Å². The summed E-state index contributed by atoms with van der Waals surface area (Å²) in [4.78, 5) is 0.0961. The van der Waals surface area contributed by atoms with Gasteiger partial charge >= 0.3 is 0 Å². The largest absolute Gasteiger partial charge is 0.348 e. The molecule has 1 aromatic carbocycles. The number of aryl methyl sites for hydroxylation is 1. The average Bonchev–Trinajstić information content (AvgIpc) is 3.62. The zero-order valence-corrected chi connectivity index (χ0v) is 25.1. The molecule has 2 aliphatic heterocycles. The second-order valence-electron chi connectivity index (χ2n) is 13.7. The molecule has 0 N–H and O–H groups in total. The monoisotopic (exact) mass is 573 g/mol. The summed E-state index contributed by atoms with van der Waals surface area (Å²) in [5.41, 5.74) is 1.96. The predicted octanol–water partition coefficient (Wildman–Crippen LogP) is 5.76. The fourth-order valence-corrected chi connectivity index (χ4v) is 10.7. The first kappa shape index (κ1) is 26.3. The van der Waals surface area contributed by atoms with Crippen molar-refractivity contribution in [3.63, 3.8) is 0 Å². The summed E-state index contributed by atoms with van der Waals surface area (Å²) in [7, 11) is -4.17. The first-order valence-corrected chi connectivity index (χ1v) is 16.5. The molecule has 7 atom stereocenters. The number of fused-ring (bicyclic) bond motifs is 5. The van der Waals surface area contributed by atoms with Crippen LogP contribution in [0.2, 0.25) is 0 Å². The molecular weight excluding hydrogens is 528 g/mol. The number of rotatable bonds is 4. The first-order chi connectivity index (χ1) is 19.3. The van der Waals surface area contributed by atoms with E-state index in [9.17, 15) is 9.79 Å². The van der Waals surface area contributed by atoms with Crippen LogP contribution in [-0.4, -0.2) is 52.5 Å². The van der Waals surface area contributed by atoms with E-state index in [1.165, 1.54) is 5.57 Å². The van der Waals surface area contributed by atoms with Crippen molar-refractivity contribution >= 4 is 10.1 Å². The number of allylic oxidation sites excluding steroid dienone is 1. The van der Waals surface area contributed by atoms with Crippen molar-refractivity contribution in [2.45, 2.75) is 95.2 Å². The Hall–Kier alpha value is -1.29. The maximum atomic E-state index is 13.7. The highest BCUT2D eigenvalue weighted by atomic mass is 32.2. The Morgan fingerprint density at radius 2 is 1.62 bits per heavy atom. The maximum absolute atomic E-state index is 13.7. The third-order valence-corrected chi connectivity index (χ3v) is 13.0. The first-order valence-electron chi connectivity index (χ1n) is 15.6. The van der Waals surface area contributed by atoms with Gasteiger partial charge in [0.1, 0.15) is 0 Å². The number of ether oxygens (including phenoxy) is 4. The molecule has 5 fully saturated rings. The van der Waals surface area contributed by atoms with Crippen LogP contribution in [0.4, 0.5) is 0 Å². The van der Waals surface area contributed by atoms with E-state index in [2.05, 4.69) is 19.9 Å². The molecule has 0 amide bonds. The molecule has 3 saturated carbocycles. The Balaban J connectivity index is 1.28. The van der Waals surface area contributed by atoms with Gasteiger partial charge in [-0.3, -0.25) is 4.18 Å². The summed E-state index contributed by atoms with van der Waals surface area (Å²) in [6, 6.07) is 6.70. The SMILES string of the molecule is [2H][C@]1(OS(=O)(=O)c2ccc(C)cc2)C[C@H](C2(C)OCCO2)[C@@]2(C)CC[C@H]3[C@@H](CC=C4CC5(CC[C@@]43C)OCCO5)[C@@H]21. The van der Waals surface area contributed by atoms with Gasteiger partial charge in [-0.15, -0.1) is 0 Å². The average molecular weight is 574 g/mol. The molecule has 1 aromatic rings. The van der Waals surface area contributed by atoms with Gasteiger partial charge in [-0.25, -0.2) is 0 Å². The quantitative estimate of drug-likeness (QED) is 0.335. The fraction of sp³-hybridized carbons (Fsp3) is 0.750. The van der Waals surface area contributed by atoms with Gasteiger partial charge in [0.15, 0.2) is 11.6 Å². The van der Waals surface area contributed by atoms with E-state index in [0.717, 1.165) is 44.1 Å². The third-order valence-electron chi connectivity index (χ3n) is 11.7. The smallest absolute Gasteiger partial charge is 0.297 e. The molecular formula is C32H44O7S. The molecule has 0 unspecified atom stereocenters. The van der Waals surface area contributed by atoms with E-state index in [0.29, 0.717) is 32.3 Å². The highest BCUT2D eigenvalue weighted by Crippen LogP contribution is 2.69. The predicted molar refractivity (Wildman–Crippen MR) is 149 cm³/mol. The lowest BCUT2D eigenvalue weighted by Gasteiger charge is -2.59. The summed E-state index contributed by atoms with van der Waals surface area (Å²) in [6.45, 7) is 10.8. The molecule has 1 spiro atoms. The minimum absolute atomic E-state index is 0.0378. The van der Waals surface area contributed by atoms with Crippen molar-refractivity contribution in [2.24, 2.45) is 34.5 Å². The molecule has 0 radical (unpaired) electrons. The second-order valence-corrected chi connectivity index (χ2v) is 15.3. The lowest BCUT2D eigenvalue weighted by Crippen LogP contribution is -2.55. The highest BCUT2D eigenvalue weighted by molar-refractivity contribution is 7.86. The van der Waals surface area contributed by atoms with Gasteiger partial charge in [0, 0.05) is 18.8 Å². The van der Waals surface area contributed by atoms with Crippen LogP contribution in [-0.2, 0) is 33.2 Å². The van der Waals surface area contributed by atoms with Gasteiger partial charge in [-0.2, -0.15) is 8.42 Å². The molecule has 6 aliphatic rings. The molecule has 4 aliphatic carbocycles. The van der Waals surface area contributed by atoms with E-state index in [4.69, 9.17) is 23.1 Å². The van der Waals surface area contributed by atoms with Gasteiger partial charge < -0.3 is 18.9 Å². The topological polar surface area (TPSA) is 80.3 Å². The van der Waals surface area contributed by atoms with Gasteiger partial charge in [-0.1, -0.05) is 43.2 Å². The van der Waals surface area contributed by atoms with Crippen LogP contribution in [0.1, 0.15) is 72.7 Å². The van der Waals surface area contributed by atoms with Crippen LogP contribution in [0.5, 0.6) is 0 Å². The number of hydrogen-bond acceptors (Lipinski definition) is 7. The van der Waals surface area contributed by atoms with E-state index < -0.39 is 27.8 Å². The molecule has 0 aromatic heterocycles. The molecule has 2 saturated heterocycles. The van der Waals surface area contributed by atoms with Crippen molar-refractivity contribution in [1.29, 1.82) is 0 Å². The summed E-state index contributed by atoms with van der Waals surface area (Å²) >= 11 is 0. The van der Waals surface area contributed by atoms with Gasteiger partial charge in [-0.05, 0) is 86.7 Å². The number of hydrogen-bond donors (Lipinski definition) is 0. The lowest BCUT2D eigenvalue weighted by molar-refractivity contribution is -0.216. The lowest BCUT2D eigenvalue weighted by atomic mass is 9.46. The van der Waals surface area contributed by atoms with E-state index in [-0.39, 0.29) is 39.9 Å². The van der Waals surface area contributed by atoms with Crippen molar-refractivity contribution in [3.05, 3.63) is 41.5 Å². The Labute approximate surface area is 240 Å². The second kappa shape index (κ2) is 9.35. The Bertz CT molecular complexity index is 1330. The van der Waals surface area contributed by atoms with Gasteiger partial charge in [0.25, 0.3) is 10.1 Å². The van der Waals surface area contributed by atoms with E-state index in [1.54, 1.807) is 24.3 Å². The Morgan fingerprint density at radius 3 is 2.33 bits per heavy atom. The zero-order valence-electron chi connectivity index (χ0n) is 25.2. The van der Waals surface area contributed by atoms with Gasteiger partial charge in [0.2, 0.25) is 0 Å². The summed E-state index contributed by atoms with van der Waals surface area (Å²) in [5.74, 6) is -1.38. The Morgan fingerprint density at radius 1 is 0.950 bits per heavy atom. The zero-order chi connectivity index (χ0) is 28.9. The van der Waals surface area contributed by atoms with Crippen molar-refractivity contribution in [1.82, 2.24) is 0 Å². The molecule has 0 bridgehead atoms. The van der Waals surface area contributed by atoms with Crippen LogP contribution < -0.4 is 0 Å². The van der Waals surface area contributed by atoms with E-state index in [1.807, 2.05) is 13.8 Å². The summed E-state index contributed by atoms with van der Waals surface area (Å²) in [5, 5.41) is 0. The molecule has 7 nitrogen and oxygen atoms in total. The normalized spacial score (nSPS) is 44.0. The van der Waals surface area contributed by atoms with Crippen LogP contribution in [0.3, 0.4) is 0 Å². The van der Waals surface area contributed by atoms with Crippen molar-refractivity contribution in [3.8, 4) is 0 Å². The summed E-state index contributed by atoms with van der Waals surface area (Å²) in [6.07, 6.45) is 6.29. The minimum atomic E-state index is -4.17. The Kier molecular flexibility index (Phi) is 6.16. The molecule has 220 valence electrons. The van der Waals surface area contributed by atoms with Crippen LogP contribution >= 0.6 is 0 Å². The summed E-state index contributed by atoms with van der Waals surface area (Å²) < 4.78 is 68.2. The fourth-order valence-electron chi connectivity index (χ4n) is 9.65.